The minimum absolute atomic E-state index is 0.00558. The van der Waals surface area contributed by atoms with Crippen molar-refractivity contribution < 1.29 is 38.2 Å². The first kappa shape index (κ1) is 28.4. The molecule has 202 valence electrons. The molecule has 0 saturated carbocycles. The van der Waals surface area contributed by atoms with Gasteiger partial charge in [-0.1, -0.05) is 25.9 Å². The zero-order valence-corrected chi connectivity index (χ0v) is 22.7. The molecule has 0 bridgehead atoms. The molecular formula is C22H29N5O8S2. The van der Waals surface area contributed by atoms with Gasteiger partial charge in [0.1, 0.15) is 29.9 Å². The molecule has 2 aliphatic heterocycles. The highest BCUT2D eigenvalue weighted by Gasteiger charge is 2.54. The molecule has 2 aliphatic rings. The van der Waals surface area contributed by atoms with Gasteiger partial charge in [-0.3, -0.25) is 19.3 Å². The fourth-order valence-corrected chi connectivity index (χ4v) is 5.43. The molecule has 0 aliphatic carbocycles. The topological polar surface area (TPSA) is 172 Å². The number of carbonyl (C=O) groups excluding carboxylic acids is 4. The van der Waals surface area contributed by atoms with Gasteiger partial charge >= 0.3 is 11.9 Å². The summed E-state index contributed by atoms with van der Waals surface area (Å²) in [5.74, 6) is -2.21. The highest BCUT2D eigenvalue weighted by Crippen LogP contribution is 2.40. The van der Waals surface area contributed by atoms with Crippen LogP contribution in [0.3, 0.4) is 0 Å². The Labute approximate surface area is 221 Å². The summed E-state index contributed by atoms with van der Waals surface area (Å²) < 4.78 is 15.3. The second-order valence-electron chi connectivity index (χ2n) is 9.24. The zero-order valence-electron chi connectivity index (χ0n) is 21.1. The van der Waals surface area contributed by atoms with Crippen LogP contribution in [0.25, 0.3) is 0 Å². The van der Waals surface area contributed by atoms with Crippen LogP contribution in [-0.4, -0.2) is 84.1 Å². The Bertz CT molecular complexity index is 1130. The summed E-state index contributed by atoms with van der Waals surface area (Å²) in [6.45, 7) is 5.13. The number of methoxy groups -OCH3 is 1. The number of aromatic nitrogens is 1. The third kappa shape index (κ3) is 6.78. The fraction of sp³-hybridized carbons (Fsp3) is 0.545. The Balaban J connectivity index is 1.70. The first-order chi connectivity index (χ1) is 17.5. The number of nitrogen functional groups attached to an aromatic ring is 1. The molecule has 2 amide bonds. The average molecular weight is 556 g/mol. The van der Waals surface area contributed by atoms with Crippen LogP contribution in [0.2, 0.25) is 0 Å². The molecule has 1 fully saturated rings. The second kappa shape index (κ2) is 11.9. The maximum atomic E-state index is 13.1. The summed E-state index contributed by atoms with van der Waals surface area (Å²) in [5, 5.41) is 7.55. The Kier molecular flexibility index (Phi) is 9.15. The number of fused-ring (bicyclic) bond motifs is 1. The molecule has 2 atom stereocenters. The van der Waals surface area contributed by atoms with Crippen LogP contribution < -0.4 is 11.1 Å². The first-order valence-electron chi connectivity index (χ1n) is 11.1. The molecule has 37 heavy (non-hydrogen) atoms. The van der Waals surface area contributed by atoms with E-state index in [0.717, 1.165) is 11.3 Å². The van der Waals surface area contributed by atoms with Gasteiger partial charge in [0.05, 0.1) is 13.0 Å². The molecule has 0 aromatic carbocycles. The van der Waals surface area contributed by atoms with E-state index in [0.29, 0.717) is 11.3 Å². The number of amides is 2. The minimum Gasteiger partial charge on any atom is -0.428 e. The number of hydrogen-bond donors (Lipinski definition) is 2. The van der Waals surface area contributed by atoms with Gasteiger partial charge in [-0.2, -0.15) is 0 Å². The van der Waals surface area contributed by atoms with Crippen LogP contribution in [0.5, 0.6) is 0 Å². The SMILES string of the molecule is COCC1=C(C(=O)OCOC(=O)CC(C)(C)C)N2C(=O)C(NC(=O)C(=NOC)c3csc(N)n3)[C@H]2SC1. The Morgan fingerprint density at radius 2 is 2.00 bits per heavy atom. The number of β-lactam (4-membered cyclic amide) rings is 1. The van der Waals surface area contributed by atoms with Crippen LogP contribution in [0.1, 0.15) is 32.9 Å². The number of esters is 2. The summed E-state index contributed by atoms with van der Waals surface area (Å²) in [4.78, 5) is 60.9. The van der Waals surface area contributed by atoms with Crippen LogP contribution in [0.4, 0.5) is 5.13 Å². The average Bonchev–Trinajstić information content (AvgIpc) is 3.25. The first-order valence-corrected chi connectivity index (χ1v) is 13.0. The standard InChI is InChI=1S/C22H29N5O8S2/c1-22(2,3)6-13(28)34-10-35-20(31)16-11(7-32-4)8-36-19-15(18(30)27(16)19)25-17(29)14(26-33-5)12-9-37-21(23)24-12/h9,15,19H,6-8,10H2,1-5H3,(H2,23,24)(H,25,29)/t15?,19-/m1/s1. The maximum Gasteiger partial charge on any atom is 0.358 e. The van der Waals surface area contributed by atoms with Crippen molar-refractivity contribution in [2.75, 3.05) is 39.1 Å². The summed E-state index contributed by atoms with van der Waals surface area (Å²) >= 11 is 2.47. The molecule has 3 heterocycles. The van der Waals surface area contributed by atoms with Crippen molar-refractivity contribution in [3.8, 4) is 0 Å². The van der Waals surface area contributed by atoms with E-state index in [-0.39, 0.29) is 40.7 Å². The number of nitrogens with one attached hydrogen (secondary N) is 1. The highest BCUT2D eigenvalue weighted by molar-refractivity contribution is 8.00. The van der Waals surface area contributed by atoms with Crippen molar-refractivity contribution in [2.24, 2.45) is 10.6 Å². The Morgan fingerprint density at radius 1 is 1.27 bits per heavy atom. The number of nitrogens with zero attached hydrogens (tertiary/aromatic N) is 3. The monoisotopic (exact) mass is 555 g/mol. The number of carbonyl (C=O) groups is 4. The lowest BCUT2D eigenvalue weighted by atomic mass is 9.93. The normalized spacial score (nSPS) is 19.6. The number of anilines is 1. The van der Waals surface area contributed by atoms with E-state index in [4.69, 9.17) is 24.8 Å². The number of rotatable bonds is 10. The van der Waals surface area contributed by atoms with Crippen LogP contribution in [0.15, 0.2) is 21.8 Å². The fourth-order valence-electron chi connectivity index (χ4n) is 3.56. The van der Waals surface area contributed by atoms with Crippen molar-refractivity contribution in [3.63, 3.8) is 0 Å². The van der Waals surface area contributed by atoms with E-state index >= 15 is 0 Å². The molecule has 0 radical (unpaired) electrons. The molecular weight excluding hydrogens is 526 g/mol. The van der Waals surface area contributed by atoms with Crippen molar-refractivity contribution >= 4 is 57.7 Å². The molecule has 1 aromatic heterocycles. The van der Waals surface area contributed by atoms with Crippen LogP contribution in [0, 0.1) is 5.41 Å². The summed E-state index contributed by atoms with van der Waals surface area (Å²) in [6, 6.07) is -0.938. The second-order valence-corrected chi connectivity index (χ2v) is 11.2. The van der Waals surface area contributed by atoms with E-state index in [1.54, 1.807) is 5.38 Å². The van der Waals surface area contributed by atoms with Crippen molar-refractivity contribution in [2.45, 2.75) is 38.6 Å². The molecule has 1 unspecified atom stereocenters. The van der Waals surface area contributed by atoms with E-state index in [2.05, 4.69) is 15.5 Å². The molecule has 13 nitrogen and oxygen atoms in total. The molecule has 3 rings (SSSR count). The number of hydrogen-bond acceptors (Lipinski definition) is 13. The van der Waals surface area contributed by atoms with E-state index < -0.39 is 42.0 Å². The molecule has 3 N–H and O–H groups in total. The lowest BCUT2D eigenvalue weighted by Gasteiger charge is -2.49. The van der Waals surface area contributed by atoms with Crippen LogP contribution in [-0.2, 0) is 38.2 Å². The lowest BCUT2D eigenvalue weighted by molar-refractivity contribution is -0.169. The molecule has 0 spiro atoms. The number of nitrogens with two attached hydrogens (primary N) is 1. The van der Waals surface area contributed by atoms with Gasteiger partial charge in [0.15, 0.2) is 10.8 Å². The van der Waals surface area contributed by atoms with Gasteiger partial charge in [0.2, 0.25) is 6.79 Å². The van der Waals surface area contributed by atoms with Crippen molar-refractivity contribution in [3.05, 3.63) is 22.3 Å². The Hall–Kier alpha value is -3.17. The van der Waals surface area contributed by atoms with Gasteiger partial charge in [0, 0.05) is 18.2 Å². The number of ether oxygens (including phenoxy) is 3. The van der Waals surface area contributed by atoms with Crippen LogP contribution >= 0.6 is 23.1 Å². The number of thioether (sulfide) groups is 1. The minimum atomic E-state index is -0.938. The summed E-state index contributed by atoms with van der Waals surface area (Å²) in [6.07, 6.45) is 0.148. The largest absolute Gasteiger partial charge is 0.428 e. The third-order valence-corrected chi connectivity index (χ3v) is 7.11. The smallest absolute Gasteiger partial charge is 0.358 e. The van der Waals surface area contributed by atoms with Gasteiger partial charge in [-0.05, 0) is 11.0 Å². The zero-order chi connectivity index (χ0) is 27.3. The van der Waals surface area contributed by atoms with Gasteiger partial charge in [-0.25, -0.2) is 9.78 Å². The third-order valence-electron chi connectivity index (χ3n) is 5.09. The highest BCUT2D eigenvalue weighted by atomic mass is 32.2. The maximum absolute atomic E-state index is 13.1. The van der Waals surface area contributed by atoms with Crippen molar-refractivity contribution in [1.82, 2.24) is 15.2 Å². The van der Waals surface area contributed by atoms with E-state index in [1.807, 2.05) is 20.8 Å². The van der Waals surface area contributed by atoms with Gasteiger partial charge in [-0.15, -0.1) is 23.1 Å². The lowest BCUT2D eigenvalue weighted by Crippen LogP contribution is -2.71. The van der Waals surface area contributed by atoms with E-state index in [9.17, 15) is 19.2 Å². The molecule has 1 saturated heterocycles. The predicted octanol–water partition coefficient (Wildman–Crippen LogP) is 0.856. The number of oxime groups is 1. The van der Waals surface area contributed by atoms with E-state index in [1.165, 1.54) is 30.9 Å². The van der Waals surface area contributed by atoms with Gasteiger partial charge < -0.3 is 30.1 Å². The summed E-state index contributed by atoms with van der Waals surface area (Å²) in [5.41, 5.74) is 5.96. The quantitative estimate of drug-likeness (QED) is 0.138. The van der Waals surface area contributed by atoms with Crippen molar-refractivity contribution in [1.29, 1.82) is 0 Å². The number of thiazole rings is 1. The Morgan fingerprint density at radius 3 is 2.59 bits per heavy atom. The molecule has 1 aromatic rings. The molecule has 15 heteroatoms. The predicted molar refractivity (Wildman–Crippen MR) is 135 cm³/mol. The summed E-state index contributed by atoms with van der Waals surface area (Å²) in [7, 11) is 2.74. The van der Waals surface area contributed by atoms with Gasteiger partial charge in [0.25, 0.3) is 11.8 Å².